The van der Waals surface area contributed by atoms with E-state index < -0.39 is 0 Å². The quantitative estimate of drug-likeness (QED) is 0.150. The van der Waals surface area contributed by atoms with Crippen LogP contribution in [0.4, 0.5) is 28.4 Å². The summed E-state index contributed by atoms with van der Waals surface area (Å²) in [6.07, 6.45) is 6.07. The number of nitrogens with zero attached hydrogens (tertiary/aromatic N) is 2. The molecule has 0 bridgehead atoms. The first kappa shape index (κ1) is 56.7. The maximum Gasteiger partial charge on any atom is 0.0566 e. The highest BCUT2D eigenvalue weighted by Crippen LogP contribution is 2.56. The Morgan fingerprint density at radius 3 is 1.03 bits per heavy atom. The van der Waals surface area contributed by atoms with E-state index in [0.717, 1.165) is 23.5 Å². The van der Waals surface area contributed by atoms with Crippen molar-refractivity contribution >= 4 is 72.9 Å². The molecule has 0 aromatic heterocycles. The Bertz CT molecular complexity index is 5630. The van der Waals surface area contributed by atoms with Crippen molar-refractivity contribution < 1.29 is 0 Å². The van der Waals surface area contributed by atoms with E-state index in [-0.39, 0.29) is 27.7 Å². The van der Waals surface area contributed by atoms with Gasteiger partial charge in [0, 0.05) is 50.1 Å². The van der Waals surface area contributed by atoms with Crippen molar-refractivity contribution in [2.45, 2.75) is 89.5 Å². The van der Waals surface area contributed by atoms with Crippen LogP contribution < -0.4 is 20.2 Å². The number of hydrogen-bond acceptors (Lipinski definition) is 2. The number of fused-ring (bicyclic) bond motifs is 16. The zero-order valence-corrected chi connectivity index (χ0v) is 55.8. The van der Waals surface area contributed by atoms with Gasteiger partial charge in [-0.25, -0.2) is 0 Å². The zero-order valence-electron chi connectivity index (χ0n) is 55.8. The summed E-state index contributed by atoms with van der Waals surface area (Å²) in [6.45, 7) is 19.3. The molecule has 1 atom stereocenters. The molecule has 0 fully saturated rings. The zero-order chi connectivity index (χ0) is 64.7. The monoisotopic (exact) mass is 1230 g/mol. The van der Waals surface area contributed by atoms with Crippen molar-refractivity contribution in [3.63, 3.8) is 0 Å². The Balaban J connectivity index is 0.882. The van der Waals surface area contributed by atoms with E-state index in [0.29, 0.717) is 0 Å². The average Bonchev–Trinajstić information content (AvgIpc) is 0.848. The molecule has 2 nitrogen and oxygen atoms in total. The molecule has 0 amide bonds. The minimum absolute atomic E-state index is 0.0614. The number of hydrogen-bond donors (Lipinski definition) is 0. The van der Waals surface area contributed by atoms with Crippen LogP contribution in [0.1, 0.15) is 106 Å². The van der Waals surface area contributed by atoms with E-state index in [9.17, 15) is 0 Å². The molecule has 96 heavy (non-hydrogen) atoms. The SMILES string of the molecule is CC1(C)c2ccccc2-c2ccc(N(c3ccc4c(c3)C(C)(C)c3ccccc3-4)c3ccc4c(-c5ccc6ccccc6c5)c5c(c(-c6ccc7ccccc7c6)c4c3)=CCC(N(c3ccc4c(c3)C(C)(C)c3ccccc3-4)c3ccc4c(c3)C(C)(C)c3ccccc3-4)C=5)cc21. The molecule has 5 aliphatic carbocycles. The highest BCUT2D eigenvalue weighted by Gasteiger charge is 2.41. The lowest BCUT2D eigenvalue weighted by Gasteiger charge is -2.35. The van der Waals surface area contributed by atoms with Crippen molar-refractivity contribution in [1.82, 2.24) is 0 Å². The van der Waals surface area contributed by atoms with Crippen molar-refractivity contribution in [2.24, 2.45) is 0 Å². The third-order valence-corrected chi connectivity index (χ3v) is 23.3. The van der Waals surface area contributed by atoms with Crippen LogP contribution >= 0.6 is 0 Å². The first-order valence-electron chi connectivity index (χ1n) is 34.5. The third kappa shape index (κ3) is 8.12. The second-order valence-electron chi connectivity index (χ2n) is 29.9. The van der Waals surface area contributed by atoms with Crippen LogP contribution in [0.15, 0.2) is 273 Å². The topological polar surface area (TPSA) is 6.48 Å². The van der Waals surface area contributed by atoms with Gasteiger partial charge in [-0.1, -0.05) is 268 Å². The van der Waals surface area contributed by atoms with E-state index >= 15 is 0 Å². The minimum atomic E-state index is -0.193. The van der Waals surface area contributed by atoms with Crippen LogP contribution in [0.3, 0.4) is 0 Å². The lowest BCUT2D eigenvalue weighted by Crippen LogP contribution is -2.40. The van der Waals surface area contributed by atoms with Crippen LogP contribution in [0, 0.1) is 0 Å². The maximum absolute atomic E-state index is 2.69. The van der Waals surface area contributed by atoms with Gasteiger partial charge in [0.1, 0.15) is 0 Å². The van der Waals surface area contributed by atoms with Gasteiger partial charge in [0.05, 0.1) is 6.04 Å². The molecule has 0 aliphatic heterocycles. The molecular formula is C94H74N2. The summed E-state index contributed by atoms with van der Waals surface area (Å²) in [5, 5.41) is 9.88. The second-order valence-corrected chi connectivity index (χ2v) is 29.9. The van der Waals surface area contributed by atoms with E-state index in [2.05, 4.69) is 350 Å². The largest absolute Gasteiger partial charge is 0.334 e. The van der Waals surface area contributed by atoms with Gasteiger partial charge in [0.15, 0.2) is 0 Å². The van der Waals surface area contributed by atoms with Gasteiger partial charge < -0.3 is 9.80 Å². The standard InChI is InChI=1S/C94H74N2/c1-91(2)81-29-17-13-25-69(81)73-43-37-65(53-85(73)91)95(66-38-44-74-70-26-14-18-30-82(70)92(3,4)86(74)54-66)63-41-47-77-79(51-63)89(61-35-33-57-21-9-11-23-59(57)49-61)78-48-42-64(52-80(78)90(77)62-36-34-58-22-10-12-24-60(58)50-62)96(67-39-45-75-71-27-15-19-31-83(71)93(5,6)87(75)55-67)68-40-46-76-72-28-16-20-32-84(72)94(7,8)88(76)56-68/h9-41,43-56,64H,42H2,1-8H3. The molecule has 5 aliphatic rings. The maximum atomic E-state index is 2.69. The van der Waals surface area contributed by atoms with Crippen LogP contribution in [-0.2, 0) is 21.7 Å². The fourth-order valence-corrected chi connectivity index (χ4v) is 18.4. The Hall–Kier alpha value is -10.8. The molecule has 14 aromatic rings. The number of benzene rings is 14. The lowest BCUT2D eigenvalue weighted by atomic mass is 9.81. The lowest BCUT2D eigenvalue weighted by molar-refractivity contribution is 0.658. The molecule has 19 rings (SSSR count). The molecule has 14 aromatic carbocycles. The van der Waals surface area contributed by atoms with E-state index in [4.69, 9.17) is 0 Å². The Morgan fingerprint density at radius 2 is 0.604 bits per heavy atom. The summed E-state index contributed by atoms with van der Waals surface area (Å²) >= 11 is 0. The van der Waals surface area contributed by atoms with Gasteiger partial charge in [-0.3, -0.25) is 0 Å². The van der Waals surface area contributed by atoms with Crippen molar-refractivity contribution in [1.29, 1.82) is 0 Å². The van der Waals surface area contributed by atoms with Gasteiger partial charge in [0.2, 0.25) is 0 Å². The Labute approximate surface area is 563 Å². The predicted molar refractivity (Wildman–Crippen MR) is 406 cm³/mol. The van der Waals surface area contributed by atoms with Gasteiger partial charge in [0.25, 0.3) is 0 Å². The highest BCUT2D eigenvalue weighted by atomic mass is 15.2. The summed E-state index contributed by atoms with van der Waals surface area (Å²) < 4.78 is 0. The second kappa shape index (κ2) is 20.4. The first-order valence-corrected chi connectivity index (χ1v) is 34.5. The van der Waals surface area contributed by atoms with E-state index in [1.54, 1.807) is 0 Å². The summed E-state index contributed by atoms with van der Waals surface area (Å²) in [5.74, 6) is 0. The van der Waals surface area contributed by atoms with Crippen molar-refractivity contribution in [3.05, 3.63) is 328 Å². The molecule has 1 unspecified atom stereocenters. The Kier molecular flexibility index (Phi) is 12.0. The van der Waals surface area contributed by atoms with Gasteiger partial charge in [-0.2, -0.15) is 0 Å². The summed E-state index contributed by atoms with van der Waals surface area (Å²) in [5.41, 5.74) is 31.5. The minimum Gasteiger partial charge on any atom is -0.334 e. The van der Waals surface area contributed by atoms with E-state index in [1.165, 1.54) is 165 Å². The molecule has 0 saturated heterocycles. The van der Waals surface area contributed by atoms with Crippen LogP contribution in [0.2, 0.25) is 0 Å². The first-order chi connectivity index (χ1) is 46.6. The fourth-order valence-electron chi connectivity index (χ4n) is 18.4. The van der Waals surface area contributed by atoms with Crippen LogP contribution in [-0.4, -0.2) is 6.04 Å². The smallest absolute Gasteiger partial charge is 0.0566 e. The summed E-state index contributed by atoms with van der Waals surface area (Å²) in [4.78, 5) is 5.25. The van der Waals surface area contributed by atoms with E-state index in [1.807, 2.05) is 0 Å². The van der Waals surface area contributed by atoms with Gasteiger partial charge in [-0.15, -0.1) is 0 Å². The molecule has 0 heterocycles. The molecular weight excluding hydrogens is 1160 g/mol. The molecule has 460 valence electrons. The van der Waals surface area contributed by atoms with Crippen molar-refractivity contribution in [3.8, 4) is 66.8 Å². The Morgan fingerprint density at radius 1 is 0.271 bits per heavy atom. The molecule has 0 radical (unpaired) electrons. The predicted octanol–water partition coefficient (Wildman–Crippen LogP) is 23.3. The molecule has 0 saturated carbocycles. The summed E-state index contributed by atoms with van der Waals surface area (Å²) in [6, 6.07) is 105. The summed E-state index contributed by atoms with van der Waals surface area (Å²) in [7, 11) is 0. The van der Waals surface area contributed by atoms with Crippen molar-refractivity contribution in [2.75, 3.05) is 9.80 Å². The number of rotatable bonds is 8. The molecule has 0 spiro atoms. The van der Waals surface area contributed by atoms with Gasteiger partial charge in [-0.05, 0) is 233 Å². The number of anilines is 5. The average molecular weight is 1230 g/mol. The highest BCUT2D eigenvalue weighted by molar-refractivity contribution is 6.10. The van der Waals surface area contributed by atoms with Gasteiger partial charge >= 0.3 is 0 Å². The third-order valence-electron chi connectivity index (χ3n) is 23.3. The normalized spacial score (nSPS) is 16.3. The van der Waals surface area contributed by atoms with Crippen LogP contribution in [0.5, 0.6) is 0 Å². The molecule has 2 heteroatoms. The fraction of sp³-hybridized carbons (Fsp3) is 0.149. The molecule has 0 N–H and O–H groups in total. The van der Waals surface area contributed by atoms with Crippen LogP contribution in [0.25, 0.3) is 111 Å².